The molecule has 3 aromatic rings. The van der Waals surface area contributed by atoms with Crippen LogP contribution in [0.1, 0.15) is 38.3 Å². The molecule has 1 N–H and O–H groups in total. The van der Waals surface area contributed by atoms with Gasteiger partial charge in [-0.2, -0.15) is 0 Å². The maximum absolute atomic E-state index is 12.3. The van der Waals surface area contributed by atoms with E-state index in [0.717, 1.165) is 35.6 Å². The number of carbonyl (C=O) groups excluding carboxylic acids is 1. The molecule has 0 saturated heterocycles. The van der Waals surface area contributed by atoms with Crippen LogP contribution >= 0.6 is 0 Å². The van der Waals surface area contributed by atoms with Gasteiger partial charge in [0.2, 0.25) is 0 Å². The van der Waals surface area contributed by atoms with E-state index in [2.05, 4.69) is 10.3 Å². The zero-order chi connectivity index (χ0) is 19.3. The summed E-state index contributed by atoms with van der Waals surface area (Å²) in [5.74, 6) is 0.607. The molecule has 2 heterocycles. The summed E-state index contributed by atoms with van der Waals surface area (Å²) >= 11 is 0. The minimum atomic E-state index is -0.450. The van der Waals surface area contributed by atoms with Crippen molar-refractivity contribution in [2.45, 2.75) is 51.4 Å². The first-order valence-electron chi connectivity index (χ1n) is 9.79. The first-order valence-corrected chi connectivity index (χ1v) is 9.79. The zero-order valence-corrected chi connectivity index (χ0v) is 16.0. The van der Waals surface area contributed by atoms with Crippen LogP contribution in [0.3, 0.4) is 0 Å². The average Bonchev–Trinajstić information content (AvgIpc) is 3.36. The first kappa shape index (κ1) is 18.5. The summed E-state index contributed by atoms with van der Waals surface area (Å²) in [6.07, 6.45) is 8.16. The van der Waals surface area contributed by atoms with Crippen LogP contribution in [0.4, 0.5) is 5.69 Å². The number of anilines is 1. The molecule has 0 spiro atoms. The van der Waals surface area contributed by atoms with Gasteiger partial charge in [-0.3, -0.25) is 4.79 Å². The minimum Gasteiger partial charge on any atom is -0.487 e. The summed E-state index contributed by atoms with van der Waals surface area (Å²) in [5.41, 5.74) is 2.49. The highest BCUT2D eigenvalue weighted by Crippen LogP contribution is 2.23. The summed E-state index contributed by atoms with van der Waals surface area (Å²) in [6.45, 7) is 2.19. The predicted molar refractivity (Wildman–Crippen MR) is 107 cm³/mol. The number of hydrogen-bond donors (Lipinski definition) is 1. The molecular formula is C22H25N3O3. The van der Waals surface area contributed by atoms with E-state index in [1.807, 2.05) is 59.3 Å². The molecule has 1 aromatic carbocycles. The molecule has 1 saturated carbocycles. The Hall–Kier alpha value is -2.86. The zero-order valence-electron chi connectivity index (χ0n) is 16.0. The van der Waals surface area contributed by atoms with Crippen LogP contribution in [-0.2, 0) is 16.1 Å². The number of pyridine rings is 1. The van der Waals surface area contributed by atoms with E-state index >= 15 is 0 Å². The van der Waals surface area contributed by atoms with Crippen LogP contribution in [0.2, 0.25) is 0 Å². The van der Waals surface area contributed by atoms with Gasteiger partial charge in [0.1, 0.15) is 24.1 Å². The summed E-state index contributed by atoms with van der Waals surface area (Å²) in [6, 6.07) is 13.2. The third-order valence-corrected chi connectivity index (χ3v) is 4.99. The Bertz CT molecular complexity index is 897. The lowest BCUT2D eigenvalue weighted by molar-refractivity contribution is -0.129. The second-order valence-electron chi connectivity index (χ2n) is 7.19. The predicted octanol–water partition coefficient (Wildman–Crippen LogP) is 4.20. The summed E-state index contributed by atoms with van der Waals surface area (Å²) in [4.78, 5) is 16.8. The Balaban J connectivity index is 1.28. The smallest absolute Gasteiger partial charge is 0.253 e. The molecule has 0 aliphatic heterocycles. The molecule has 6 heteroatoms. The van der Waals surface area contributed by atoms with Gasteiger partial charge in [-0.25, -0.2) is 4.98 Å². The molecule has 0 radical (unpaired) electrons. The van der Waals surface area contributed by atoms with Crippen molar-refractivity contribution in [3.63, 3.8) is 0 Å². The van der Waals surface area contributed by atoms with Gasteiger partial charge in [0.15, 0.2) is 0 Å². The van der Waals surface area contributed by atoms with Crippen molar-refractivity contribution in [3.05, 3.63) is 60.6 Å². The van der Waals surface area contributed by atoms with E-state index < -0.39 is 6.10 Å². The minimum absolute atomic E-state index is 0.120. The largest absolute Gasteiger partial charge is 0.487 e. The number of aromatic nitrogens is 2. The number of imidazole rings is 1. The fraction of sp³-hybridized carbons (Fsp3) is 0.364. The van der Waals surface area contributed by atoms with Crippen molar-refractivity contribution < 1.29 is 14.3 Å². The van der Waals surface area contributed by atoms with E-state index in [4.69, 9.17) is 9.47 Å². The van der Waals surface area contributed by atoms with Crippen molar-refractivity contribution in [2.24, 2.45) is 0 Å². The third kappa shape index (κ3) is 4.51. The number of nitrogens with zero attached hydrogens (tertiary/aromatic N) is 2. The molecule has 1 aliphatic rings. The van der Waals surface area contributed by atoms with Gasteiger partial charge in [-0.05, 0) is 56.2 Å². The Morgan fingerprint density at radius 1 is 1.21 bits per heavy atom. The van der Waals surface area contributed by atoms with Gasteiger partial charge >= 0.3 is 0 Å². The van der Waals surface area contributed by atoms with Crippen LogP contribution in [0, 0.1) is 0 Å². The highest BCUT2D eigenvalue weighted by molar-refractivity contribution is 5.93. The molecule has 1 fully saturated rings. The summed E-state index contributed by atoms with van der Waals surface area (Å²) in [7, 11) is 0. The van der Waals surface area contributed by atoms with E-state index in [1.165, 1.54) is 12.8 Å². The number of carbonyl (C=O) groups is 1. The Kier molecular flexibility index (Phi) is 5.58. The van der Waals surface area contributed by atoms with Gasteiger partial charge in [0.05, 0.1) is 11.8 Å². The van der Waals surface area contributed by atoms with Crippen molar-refractivity contribution >= 4 is 17.2 Å². The SMILES string of the molecule is C[C@H](OC1CCCC1)C(=O)Nc1ccc(OCc2cn3ccccc3n2)cc1. The normalized spacial score (nSPS) is 15.6. The molecule has 1 amide bonds. The molecule has 1 aliphatic carbocycles. The monoisotopic (exact) mass is 379 g/mol. The van der Waals surface area contributed by atoms with E-state index in [1.54, 1.807) is 6.92 Å². The van der Waals surface area contributed by atoms with Crippen molar-refractivity contribution in [2.75, 3.05) is 5.32 Å². The Morgan fingerprint density at radius 3 is 2.75 bits per heavy atom. The lowest BCUT2D eigenvalue weighted by atomic mass is 10.2. The second-order valence-corrected chi connectivity index (χ2v) is 7.19. The molecule has 2 aromatic heterocycles. The number of rotatable bonds is 7. The lowest BCUT2D eigenvalue weighted by Crippen LogP contribution is -2.30. The van der Waals surface area contributed by atoms with Crippen LogP contribution in [-0.4, -0.2) is 27.5 Å². The van der Waals surface area contributed by atoms with Crippen molar-refractivity contribution in [1.82, 2.24) is 9.38 Å². The average molecular weight is 379 g/mol. The van der Waals surface area contributed by atoms with Gasteiger partial charge in [-0.15, -0.1) is 0 Å². The molecule has 0 bridgehead atoms. The van der Waals surface area contributed by atoms with Crippen LogP contribution in [0.5, 0.6) is 5.75 Å². The number of nitrogens with one attached hydrogen (secondary N) is 1. The van der Waals surface area contributed by atoms with E-state index in [0.29, 0.717) is 6.61 Å². The highest BCUT2D eigenvalue weighted by atomic mass is 16.5. The van der Waals surface area contributed by atoms with Crippen molar-refractivity contribution in [1.29, 1.82) is 0 Å². The maximum atomic E-state index is 12.3. The number of benzene rings is 1. The number of fused-ring (bicyclic) bond motifs is 1. The fourth-order valence-electron chi connectivity index (χ4n) is 3.47. The quantitative estimate of drug-likeness (QED) is 0.668. The standard InChI is InChI=1S/C22H25N3O3/c1-16(28-20-6-2-3-7-20)22(26)24-17-9-11-19(12-10-17)27-15-18-14-25-13-5-4-8-21(25)23-18/h4-5,8-14,16,20H,2-3,6-7,15H2,1H3,(H,24,26)/t16-/m0/s1. The Morgan fingerprint density at radius 2 is 2.00 bits per heavy atom. The molecular weight excluding hydrogens is 354 g/mol. The number of amides is 1. The van der Waals surface area contributed by atoms with Crippen LogP contribution in [0.25, 0.3) is 5.65 Å². The fourth-order valence-corrected chi connectivity index (χ4v) is 3.47. The Labute approximate surface area is 164 Å². The summed E-state index contributed by atoms with van der Waals surface area (Å²) < 4.78 is 13.6. The second kappa shape index (κ2) is 8.44. The van der Waals surface area contributed by atoms with E-state index in [-0.39, 0.29) is 12.0 Å². The lowest BCUT2D eigenvalue weighted by Gasteiger charge is -2.18. The first-order chi connectivity index (χ1) is 13.7. The van der Waals surface area contributed by atoms with Gasteiger partial charge in [0.25, 0.3) is 5.91 Å². The van der Waals surface area contributed by atoms with Gasteiger partial charge in [-0.1, -0.05) is 18.9 Å². The molecule has 0 unspecified atom stereocenters. The van der Waals surface area contributed by atoms with E-state index in [9.17, 15) is 4.79 Å². The third-order valence-electron chi connectivity index (χ3n) is 4.99. The van der Waals surface area contributed by atoms with Gasteiger partial charge < -0.3 is 19.2 Å². The maximum Gasteiger partial charge on any atom is 0.253 e. The van der Waals surface area contributed by atoms with Crippen LogP contribution < -0.4 is 10.1 Å². The molecule has 146 valence electrons. The molecule has 1 atom stereocenters. The number of hydrogen-bond acceptors (Lipinski definition) is 4. The van der Waals surface area contributed by atoms with Crippen molar-refractivity contribution in [3.8, 4) is 5.75 Å². The number of ether oxygens (including phenoxy) is 2. The topological polar surface area (TPSA) is 64.9 Å². The molecule has 6 nitrogen and oxygen atoms in total. The summed E-state index contributed by atoms with van der Waals surface area (Å²) in [5, 5.41) is 2.90. The van der Waals surface area contributed by atoms with Crippen LogP contribution in [0.15, 0.2) is 54.9 Å². The highest BCUT2D eigenvalue weighted by Gasteiger charge is 2.22. The molecule has 4 rings (SSSR count). The van der Waals surface area contributed by atoms with Gasteiger partial charge in [0, 0.05) is 18.1 Å². The molecule has 28 heavy (non-hydrogen) atoms.